The molecule has 5 heteroatoms. The number of hydrogen-bond acceptors (Lipinski definition) is 5. The van der Waals surface area contributed by atoms with Crippen LogP contribution in [0.2, 0.25) is 0 Å². The second-order valence-electron chi connectivity index (χ2n) is 4.59. The van der Waals surface area contributed by atoms with E-state index in [0.717, 1.165) is 49.7 Å². The van der Waals surface area contributed by atoms with Crippen molar-refractivity contribution in [3.63, 3.8) is 0 Å². The molecule has 2 heterocycles. The quantitative estimate of drug-likeness (QED) is 0.796. The summed E-state index contributed by atoms with van der Waals surface area (Å²) in [6, 6.07) is 0. The van der Waals surface area contributed by atoms with E-state index in [0.29, 0.717) is 5.95 Å². The number of ether oxygens (including phenoxy) is 1. The fourth-order valence-electron chi connectivity index (χ4n) is 2.22. The lowest BCUT2D eigenvalue weighted by Crippen LogP contribution is -2.29. The van der Waals surface area contributed by atoms with Gasteiger partial charge >= 0.3 is 0 Å². The summed E-state index contributed by atoms with van der Waals surface area (Å²) in [4.78, 5) is 11.4. The van der Waals surface area contributed by atoms with Crippen LogP contribution in [0, 0.1) is 6.92 Å². The van der Waals surface area contributed by atoms with Gasteiger partial charge in [0.2, 0.25) is 5.95 Å². The number of nitrogens with zero attached hydrogens (tertiary/aromatic N) is 3. The Morgan fingerprint density at radius 2 is 2.26 bits per heavy atom. The molecule has 0 aliphatic carbocycles. The zero-order valence-electron chi connectivity index (χ0n) is 11.9. The molecular formula is C14H22N4O. The summed E-state index contributed by atoms with van der Waals surface area (Å²) in [6.45, 7) is 7.54. The summed E-state index contributed by atoms with van der Waals surface area (Å²) in [5, 5.41) is 3.19. The van der Waals surface area contributed by atoms with Gasteiger partial charge in [-0.3, -0.25) is 0 Å². The van der Waals surface area contributed by atoms with E-state index in [2.05, 4.69) is 39.3 Å². The van der Waals surface area contributed by atoms with Crippen LogP contribution in [-0.4, -0.2) is 43.3 Å². The summed E-state index contributed by atoms with van der Waals surface area (Å²) in [5.41, 5.74) is 2.15. The Labute approximate surface area is 114 Å². The number of nitrogens with one attached hydrogen (secondary N) is 1. The van der Waals surface area contributed by atoms with Crippen LogP contribution in [0.15, 0.2) is 6.08 Å². The average molecular weight is 262 g/mol. The first-order valence-electron chi connectivity index (χ1n) is 6.79. The Hall–Kier alpha value is -1.62. The Morgan fingerprint density at radius 1 is 1.42 bits per heavy atom. The van der Waals surface area contributed by atoms with E-state index in [1.54, 1.807) is 7.11 Å². The Bertz CT molecular complexity index is 459. The largest absolute Gasteiger partial charge is 0.385 e. The maximum absolute atomic E-state index is 5.12. The first kappa shape index (κ1) is 13.8. The molecule has 0 bridgehead atoms. The summed E-state index contributed by atoms with van der Waals surface area (Å²) in [7, 11) is 1.74. The van der Waals surface area contributed by atoms with Crippen molar-refractivity contribution in [2.75, 3.05) is 43.6 Å². The monoisotopic (exact) mass is 262 g/mol. The second-order valence-corrected chi connectivity index (χ2v) is 4.59. The average Bonchev–Trinajstić information content (AvgIpc) is 2.40. The molecule has 1 N–H and O–H groups in total. The van der Waals surface area contributed by atoms with Crippen molar-refractivity contribution in [2.45, 2.75) is 20.3 Å². The highest BCUT2D eigenvalue weighted by Gasteiger charge is 2.18. The Morgan fingerprint density at radius 3 is 3.00 bits per heavy atom. The third kappa shape index (κ3) is 3.23. The highest BCUT2D eigenvalue weighted by Crippen LogP contribution is 2.27. The molecule has 19 heavy (non-hydrogen) atoms. The van der Waals surface area contributed by atoms with Gasteiger partial charge in [-0.25, -0.2) is 4.98 Å². The van der Waals surface area contributed by atoms with E-state index < -0.39 is 0 Å². The molecular weight excluding hydrogens is 240 g/mol. The van der Waals surface area contributed by atoms with Crippen LogP contribution in [0.1, 0.15) is 24.6 Å². The molecule has 0 fully saturated rings. The van der Waals surface area contributed by atoms with Crippen molar-refractivity contribution in [3.8, 4) is 0 Å². The predicted octanol–water partition coefficient (Wildman–Crippen LogP) is 2.09. The lowest BCUT2D eigenvalue weighted by molar-refractivity contribution is 0.196. The minimum absolute atomic E-state index is 0.714. The lowest BCUT2D eigenvalue weighted by Gasteiger charge is -2.27. The van der Waals surface area contributed by atoms with Gasteiger partial charge in [-0.1, -0.05) is 12.2 Å². The van der Waals surface area contributed by atoms with Crippen molar-refractivity contribution in [1.82, 2.24) is 9.97 Å². The smallest absolute Gasteiger partial charge is 0.224 e. The topological polar surface area (TPSA) is 50.3 Å². The summed E-state index contributed by atoms with van der Waals surface area (Å²) in [6.07, 6.45) is 5.29. The molecule has 0 atom stereocenters. The predicted molar refractivity (Wildman–Crippen MR) is 78.7 cm³/mol. The normalized spacial score (nSPS) is 13.5. The van der Waals surface area contributed by atoms with E-state index in [1.165, 1.54) is 0 Å². The van der Waals surface area contributed by atoms with Crippen molar-refractivity contribution in [2.24, 2.45) is 0 Å². The molecule has 0 unspecified atom stereocenters. The standard InChI is InChI=1S/C14H22N4O/c1-4-15-14-16-11(2)12-7-5-8-18(13(12)17-14)9-6-10-19-3/h5,7H,4,6,8-10H2,1-3H3,(H,15,16,17). The van der Waals surface area contributed by atoms with E-state index in [4.69, 9.17) is 4.74 Å². The fourth-order valence-corrected chi connectivity index (χ4v) is 2.22. The van der Waals surface area contributed by atoms with Crippen molar-refractivity contribution in [3.05, 3.63) is 17.3 Å². The maximum atomic E-state index is 5.12. The minimum Gasteiger partial charge on any atom is -0.385 e. The van der Waals surface area contributed by atoms with Crippen LogP contribution < -0.4 is 10.2 Å². The van der Waals surface area contributed by atoms with Crippen molar-refractivity contribution in [1.29, 1.82) is 0 Å². The number of aromatic nitrogens is 2. The van der Waals surface area contributed by atoms with Crippen LogP contribution in [0.4, 0.5) is 11.8 Å². The Kier molecular flexibility index (Phi) is 4.74. The van der Waals surface area contributed by atoms with Gasteiger partial charge in [0, 0.05) is 38.9 Å². The third-order valence-electron chi connectivity index (χ3n) is 3.14. The van der Waals surface area contributed by atoms with E-state index in [1.807, 2.05) is 6.92 Å². The molecule has 0 aromatic carbocycles. The highest BCUT2D eigenvalue weighted by molar-refractivity contribution is 5.70. The lowest BCUT2D eigenvalue weighted by atomic mass is 10.1. The van der Waals surface area contributed by atoms with E-state index in [-0.39, 0.29) is 0 Å². The molecule has 0 spiro atoms. The Balaban J connectivity index is 2.23. The molecule has 5 nitrogen and oxygen atoms in total. The number of anilines is 2. The molecule has 104 valence electrons. The molecule has 1 aliphatic rings. The third-order valence-corrected chi connectivity index (χ3v) is 3.14. The maximum Gasteiger partial charge on any atom is 0.224 e. The molecule has 0 radical (unpaired) electrons. The molecule has 0 amide bonds. The molecule has 1 aromatic rings. The molecule has 2 rings (SSSR count). The molecule has 0 saturated heterocycles. The molecule has 1 aromatic heterocycles. The fraction of sp³-hybridized carbons (Fsp3) is 0.571. The summed E-state index contributed by atoms with van der Waals surface area (Å²) < 4.78 is 5.12. The van der Waals surface area contributed by atoms with Crippen LogP contribution in [-0.2, 0) is 4.74 Å². The minimum atomic E-state index is 0.714. The van der Waals surface area contributed by atoms with Gasteiger partial charge in [-0.15, -0.1) is 0 Å². The van der Waals surface area contributed by atoms with Crippen LogP contribution in [0.5, 0.6) is 0 Å². The van der Waals surface area contributed by atoms with Gasteiger partial charge < -0.3 is 15.0 Å². The summed E-state index contributed by atoms with van der Waals surface area (Å²) in [5.74, 6) is 1.74. The van der Waals surface area contributed by atoms with Crippen LogP contribution in [0.3, 0.4) is 0 Å². The number of fused-ring (bicyclic) bond motifs is 1. The summed E-state index contributed by atoms with van der Waals surface area (Å²) >= 11 is 0. The van der Waals surface area contributed by atoms with Gasteiger partial charge in [0.25, 0.3) is 0 Å². The van der Waals surface area contributed by atoms with Crippen LogP contribution in [0.25, 0.3) is 6.08 Å². The molecule has 1 aliphatic heterocycles. The highest BCUT2D eigenvalue weighted by atomic mass is 16.5. The second kappa shape index (κ2) is 6.52. The number of rotatable bonds is 6. The van der Waals surface area contributed by atoms with Gasteiger partial charge in [-0.2, -0.15) is 4.98 Å². The van der Waals surface area contributed by atoms with Crippen LogP contribution >= 0.6 is 0 Å². The van der Waals surface area contributed by atoms with E-state index >= 15 is 0 Å². The van der Waals surface area contributed by atoms with Gasteiger partial charge in [0.1, 0.15) is 5.82 Å². The first-order valence-corrected chi connectivity index (χ1v) is 6.79. The number of methoxy groups -OCH3 is 1. The van der Waals surface area contributed by atoms with Crippen molar-refractivity contribution < 1.29 is 4.74 Å². The number of hydrogen-bond donors (Lipinski definition) is 1. The van der Waals surface area contributed by atoms with Gasteiger partial charge in [-0.05, 0) is 20.3 Å². The molecule has 0 saturated carbocycles. The van der Waals surface area contributed by atoms with Crippen molar-refractivity contribution >= 4 is 17.8 Å². The first-order chi connectivity index (χ1) is 9.26. The zero-order chi connectivity index (χ0) is 13.7. The number of aryl methyl sites for hydroxylation is 1. The van der Waals surface area contributed by atoms with Gasteiger partial charge in [0.15, 0.2) is 0 Å². The van der Waals surface area contributed by atoms with Gasteiger partial charge in [0.05, 0.1) is 5.69 Å². The van der Waals surface area contributed by atoms with E-state index in [9.17, 15) is 0 Å². The SMILES string of the molecule is CCNc1nc(C)c2c(n1)N(CCCOC)CC=C2. The zero-order valence-corrected chi connectivity index (χ0v) is 11.9.